The van der Waals surface area contributed by atoms with E-state index in [0.717, 1.165) is 13.3 Å². The summed E-state index contributed by atoms with van der Waals surface area (Å²) in [6.07, 6.45) is 0.961. The van der Waals surface area contributed by atoms with E-state index in [1.54, 1.807) is 0 Å². The molecule has 0 bridgehead atoms. The minimum atomic E-state index is -3.13. The second-order valence-electron chi connectivity index (χ2n) is 5.93. The van der Waals surface area contributed by atoms with Gasteiger partial charge in [0.25, 0.3) is 5.92 Å². The van der Waals surface area contributed by atoms with Gasteiger partial charge in [-0.1, -0.05) is 13.8 Å². The maximum Gasteiger partial charge on any atom is 0.354 e. The molecule has 0 amide bonds. The Balaban J connectivity index is 2.45. The van der Waals surface area contributed by atoms with Crippen LogP contribution in [0.25, 0.3) is 0 Å². The van der Waals surface area contributed by atoms with Gasteiger partial charge < -0.3 is 5.11 Å². The summed E-state index contributed by atoms with van der Waals surface area (Å²) in [6.45, 7) is 6.57. The highest BCUT2D eigenvalue weighted by Gasteiger charge is 2.48. The number of nitrogens with zero attached hydrogens (tertiary/aromatic N) is 2. The number of carbonyl (C=O) groups is 1. The summed E-state index contributed by atoms with van der Waals surface area (Å²) in [4.78, 5) is 11.3. The molecule has 0 aromatic carbocycles. The van der Waals surface area contributed by atoms with Crippen molar-refractivity contribution in [2.24, 2.45) is 11.3 Å². The SMILES string of the molecule is Cc1c(C(C)(F)F)nn(CC2(C)CC2C)c1C(=O)O. The predicted octanol–water partition coefficient (Wildman–Crippen LogP) is 3.05. The van der Waals surface area contributed by atoms with Gasteiger partial charge in [-0.15, -0.1) is 0 Å². The molecule has 1 aliphatic rings. The van der Waals surface area contributed by atoms with Crippen LogP contribution in [-0.2, 0) is 12.5 Å². The second-order valence-corrected chi connectivity index (χ2v) is 5.93. The lowest BCUT2D eigenvalue weighted by Crippen LogP contribution is -2.17. The van der Waals surface area contributed by atoms with Crippen LogP contribution in [0.15, 0.2) is 0 Å². The van der Waals surface area contributed by atoms with Gasteiger partial charge in [-0.2, -0.15) is 13.9 Å². The van der Waals surface area contributed by atoms with Crippen LogP contribution >= 0.6 is 0 Å². The first-order valence-electron chi connectivity index (χ1n) is 6.25. The van der Waals surface area contributed by atoms with Crippen LogP contribution in [0.1, 0.15) is 48.9 Å². The van der Waals surface area contributed by atoms with E-state index in [1.807, 2.05) is 6.92 Å². The highest BCUT2D eigenvalue weighted by Crippen LogP contribution is 2.53. The molecular formula is C13H18F2N2O2. The van der Waals surface area contributed by atoms with E-state index in [1.165, 1.54) is 11.6 Å². The van der Waals surface area contributed by atoms with Crippen molar-refractivity contribution in [2.75, 3.05) is 0 Å². The minimum absolute atomic E-state index is 0.0387. The summed E-state index contributed by atoms with van der Waals surface area (Å²) in [5.41, 5.74) is -0.557. The molecule has 6 heteroatoms. The molecule has 0 aliphatic heterocycles. The van der Waals surface area contributed by atoms with Gasteiger partial charge in [0.2, 0.25) is 0 Å². The van der Waals surface area contributed by atoms with Crippen molar-refractivity contribution < 1.29 is 18.7 Å². The number of aromatic carboxylic acids is 1. The molecule has 1 aliphatic carbocycles. The number of carboxylic acids is 1. The van der Waals surface area contributed by atoms with E-state index in [-0.39, 0.29) is 16.7 Å². The van der Waals surface area contributed by atoms with E-state index in [9.17, 15) is 18.7 Å². The monoisotopic (exact) mass is 272 g/mol. The van der Waals surface area contributed by atoms with Crippen LogP contribution in [0.3, 0.4) is 0 Å². The number of halogens is 2. The quantitative estimate of drug-likeness (QED) is 0.916. The molecule has 1 heterocycles. The fourth-order valence-corrected chi connectivity index (χ4v) is 2.56. The van der Waals surface area contributed by atoms with Gasteiger partial charge in [-0.25, -0.2) is 4.79 Å². The van der Waals surface area contributed by atoms with Gasteiger partial charge in [0.05, 0.1) is 0 Å². The summed E-state index contributed by atoms with van der Waals surface area (Å²) in [5, 5.41) is 13.1. The van der Waals surface area contributed by atoms with Crippen molar-refractivity contribution in [1.82, 2.24) is 9.78 Å². The molecule has 106 valence electrons. The molecule has 1 saturated carbocycles. The lowest BCUT2D eigenvalue weighted by Gasteiger charge is -2.11. The Morgan fingerprint density at radius 2 is 2.16 bits per heavy atom. The summed E-state index contributed by atoms with van der Waals surface area (Å²) < 4.78 is 28.1. The molecule has 0 saturated heterocycles. The first kappa shape index (κ1) is 14.0. The molecule has 0 radical (unpaired) electrons. The molecule has 0 spiro atoms. The molecule has 1 aromatic rings. The van der Waals surface area contributed by atoms with Gasteiger partial charge in [0.1, 0.15) is 11.4 Å². The fraction of sp³-hybridized carbons (Fsp3) is 0.692. The second kappa shape index (κ2) is 4.02. The Hall–Kier alpha value is -1.46. The van der Waals surface area contributed by atoms with Crippen LogP contribution in [0.5, 0.6) is 0 Å². The van der Waals surface area contributed by atoms with Gasteiger partial charge in [0, 0.05) is 19.0 Å². The third-order valence-electron chi connectivity index (χ3n) is 4.12. The zero-order chi connectivity index (χ0) is 14.6. The van der Waals surface area contributed by atoms with Gasteiger partial charge in [-0.05, 0) is 24.7 Å². The largest absolute Gasteiger partial charge is 0.477 e. The molecule has 1 N–H and O–H groups in total. The summed E-state index contributed by atoms with van der Waals surface area (Å²) in [5.74, 6) is -3.88. The van der Waals surface area contributed by atoms with E-state index in [0.29, 0.717) is 12.5 Å². The zero-order valence-corrected chi connectivity index (χ0v) is 11.5. The maximum absolute atomic E-state index is 13.4. The number of alkyl halides is 2. The molecular weight excluding hydrogens is 254 g/mol. The first-order valence-corrected chi connectivity index (χ1v) is 6.25. The average molecular weight is 272 g/mol. The number of aromatic nitrogens is 2. The van der Waals surface area contributed by atoms with Crippen LogP contribution in [0, 0.1) is 18.3 Å². The number of hydrogen-bond acceptors (Lipinski definition) is 2. The van der Waals surface area contributed by atoms with Crippen molar-refractivity contribution >= 4 is 5.97 Å². The molecule has 2 rings (SSSR count). The molecule has 1 aromatic heterocycles. The summed E-state index contributed by atoms with van der Waals surface area (Å²) in [6, 6.07) is 0. The normalized spacial score (nSPS) is 26.5. The summed E-state index contributed by atoms with van der Waals surface area (Å²) in [7, 11) is 0. The van der Waals surface area contributed by atoms with E-state index in [2.05, 4.69) is 12.0 Å². The molecule has 1 fully saturated rings. The Morgan fingerprint density at radius 3 is 2.53 bits per heavy atom. The van der Waals surface area contributed by atoms with Crippen molar-refractivity contribution in [3.63, 3.8) is 0 Å². The van der Waals surface area contributed by atoms with Gasteiger partial charge >= 0.3 is 5.97 Å². The van der Waals surface area contributed by atoms with Crippen molar-refractivity contribution in [3.8, 4) is 0 Å². The van der Waals surface area contributed by atoms with Crippen molar-refractivity contribution in [1.29, 1.82) is 0 Å². The van der Waals surface area contributed by atoms with Crippen molar-refractivity contribution in [2.45, 2.75) is 46.6 Å². The Kier molecular flexibility index (Phi) is 2.95. The van der Waals surface area contributed by atoms with E-state index in [4.69, 9.17) is 0 Å². The van der Waals surface area contributed by atoms with E-state index < -0.39 is 17.6 Å². The Morgan fingerprint density at radius 1 is 1.63 bits per heavy atom. The lowest BCUT2D eigenvalue weighted by atomic mass is 10.1. The van der Waals surface area contributed by atoms with Crippen LogP contribution < -0.4 is 0 Å². The molecule has 2 atom stereocenters. The molecule has 4 nitrogen and oxygen atoms in total. The summed E-state index contributed by atoms with van der Waals surface area (Å²) >= 11 is 0. The average Bonchev–Trinajstić information content (AvgIpc) is 2.66. The zero-order valence-electron chi connectivity index (χ0n) is 11.5. The van der Waals surface area contributed by atoms with Crippen molar-refractivity contribution in [3.05, 3.63) is 17.0 Å². The molecule has 2 unspecified atom stereocenters. The van der Waals surface area contributed by atoms with Crippen LogP contribution in [0.2, 0.25) is 0 Å². The number of rotatable bonds is 4. The Labute approximate surface area is 110 Å². The third-order valence-corrected chi connectivity index (χ3v) is 4.12. The topological polar surface area (TPSA) is 55.1 Å². The van der Waals surface area contributed by atoms with Gasteiger partial charge in [0.15, 0.2) is 0 Å². The Bertz CT molecular complexity index is 533. The minimum Gasteiger partial charge on any atom is -0.477 e. The molecule has 19 heavy (non-hydrogen) atoms. The third kappa shape index (κ3) is 2.35. The number of carboxylic acid groups (broad SMARTS) is 1. The maximum atomic E-state index is 13.4. The highest BCUT2D eigenvalue weighted by molar-refractivity contribution is 5.87. The predicted molar refractivity (Wildman–Crippen MR) is 65.4 cm³/mol. The highest BCUT2D eigenvalue weighted by atomic mass is 19.3. The van der Waals surface area contributed by atoms with Crippen LogP contribution in [0.4, 0.5) is 8.78 Å². The smallest absolute Gasteiger partial charge is 0.354 e. The van der Waals surface area contributed by atoms with Crippen LogP contribution in [-0.4, -0.2) is 20.9 Å². The lowest BCUT2D eigenvalue weighted by molar-refractivity contribution is 0.0113. The first-order chi connectivity index (χ1) is 8.56. The standard InChI is InChI=1S/C13H18F2N2O2/c1-7-5-12(7,3)6-17-9(11(18)19)8(2)10(16-17)13(4,14)15/h7H,5-6H2,1-4H3,(H,18,19). The van der Waals surface area contributed by atoms with E-state index >= 15 is 0 Å². The fourth-order valence-electron chi connectivity index (χ4n) is 2.56. The van der Waals surface area contributed by atoms with Gasteiger partial charge in [-0.3, -0.25) is 4.68 Å². The number of hydrogen-bond donors (Lipinski definition) is 1.